The van der Waals surface area contributed by atoms with Gasteiger partial charge >= 0.3 is 5.97 Å². The monoisotopic (exact) mass is 355 g/mol. The van der Waals surface area contributed by atoms with Gasteiger partial charge in [-0.1, -0.05) is 19.8 Å². The highest BCUT2D eigenvalue weighted by molar-refractivity contribution is 6.29. The van der Waals surface area contributed by atoms with Crippen molar-refractivity contribution in [3.05, 3.63) is 27.2 Å². The van der Waals surface area contributed by atoms with E-state index < -0.39 is 11.3 Å². The van der Waals surface area contributed by atoms with Crippen LogP contribution in [0.15, 0.2) is 4.79 Å². The van der Waals surface area contributed by atoms with Crippen molar-refractivity contribution in [2.45, 2.75) is 76.7 Å². The molecule has 134 valence electrons. The summed E-state index contributed by atoms with van der Waals surface area (Å²) in [7, 11) is 0. The number of carboxylic acids is 1. The summed E-state index contributed by atoms with van der Waals surface area (Å²) < 4.78 is 6.26. The SMILES string of the molecule is CCc1c(C)[nH]c(=O)c(CC(Cl)C(=O)O)c1OC1CCCCCC1. The third-order valence-corrected chi connectivity index (χ3v) is 5.01. The molecule has 0 aromatic carbocycles. The first kappa shape index (κ1) is 18.8. The molecule has 1 saturated carbocycles. The van der Waals surface area contributed by atoms with Crippen LogP contribution in [-0.2, 0) is 17.6 Å². The van der Waals surface area contributed by atoms with Crippen molar-refractivity contribution >= 4 is 17.6 Å². The van der Waals surface area contributed by atoms with Crippen molar-refractivity contribution in [2.24, 2.45) is 0 Å². The Labute approximate surface area is 147 Å². The highest BCUT2D eigenvalue weighted by Gasteiger charge is 2.25. The summed E-state index contributed by atoms with van der Waals surface area (Å²) in [4.78, 5) is 26.3. The van der Waals surface area contributed by atoms with Gasteiger partial charge in [-0.2, -0.15) is 0 Å². The molecule has 0 bridgehead atoms. The van der Waals surface area contributed by atoms with Gasteiger partial charge in [-0.3, -0.25) is 9.59 Å². The van der Waals surface area contributed by atoms with E-state index in [-0.39, 0.29) is 18.1 Å². The molecule has 24 heavy (non-hydrogen) atoms. The van der Waals surface area contributed by atoms with E-state index in [0.29, 0.717) is 17.7 Å². The smallest absolute Gasteiger partial charge is 0.321 e. The number of carbonyl (C=O) groups is 1. The van der Waals surface area contributed by atoms with Crippen LogP contribution in [0.2, 0.25) is 0 Å². The zero-order valence-electron chi connectivity index (χ0n) is 14.4. The fourth-order valence-corrected chi connectivity index (χ4v) is 3.48. The van der Waals surface area contributed by atoms with E-state index in [1.165, 1.54) is 12.8 Å². The second-order valence-corrected chi connectivity index (χ2v) is 6.99. The number of alkyl halides is 1. The molecule has 0 spiro atoms. The molecule has 0 amide bonds. The molecule has 1 atom stereocenters. The lowest BCUT2D eigenvalue weighted by Gasteiger charge is -2.23. The number of aryl methyl sites for hydroxylation is 1. The van der Waals surface area contributed by atoms with Crippen molar-refractivity contribution in [1.29, 1.82) is 0 Å². The van der Waals surface area contributed by atoms with E-state index in [4.69, 9.17) is 21.4 Å². The summed E-state index contributed by atoms with van der Waals surface area (Å²) in [6, 6.07) is 0. The molecule has 2 rings (SSSR count). The molecule has 1 aliphatic rings. The van der Waals surface area contributed by atoms with Crippen LogP contribution in [0.3, 0.4) is 0 Å². The number of ether oxygens (including phenoxy) is 1. The highest BCUT2D eigenvalue weighted by atomic mass is 35.5. The van der Waals surface area contributed by atoms with E-state index in [9.17, 15) is 9.59 Å². The quantitative estimate of drug-likeness (QED) is 0.603. The molecule has 0 aliphatic heterocycles. The Morgan fingerprint density at radius 1 is 1.29 bits per heavy atom. The lowest BCUT2D eigenvalue weighted by atomic mass is 10.0. The average molecular weight is 356 g/mol. The second kappa shape index (κ2) is 8.56. The van der Waals surface area contributed by atoms with Gasteiger partial charge in [0.25, 0.3) is 5.56 Å². The van der Waals surface area contributed by atoms with Crippen LogP contribution in [0, 0.1) is 6.92 Å². The van der Waals surface area contributed by atoms with Gasteiger partial charge in [-0.05, 0) is 39.0 Å². The molecule has 1 unspecified atom stereocenters. The number of aromatic nitrogens is 1. The molecule has 1 aromatic rings. The Balaban J connectivity index is 2.40. The van der Waals surface area contributed by atoms with Crippen LogP contribution in [0.5, 0.6) is 5.75 Å². The van der Waals surface area contributed by atoms with Crippen LogP contribution < -0.4 is 10.3 Å². The van der Waals surface area contributed by atoms with E-state index in [2.05, 4.69) is 4.98 Å². The normalized spacial score (nSPS) is 17.3. The molecule has 1 aromatic heterocycles. The standard InChI is InChI=1S/C18H26ClNO4/c1-3-13-11(2)20-17(21)14(10-15(19)18(22)23)16(13)24-12-8-6-4-5-7-9-12/h12,15H,3-10H2,1-2H3,(H,20,21)(H,22,23). The Hall–Kier alpha value is -1.49. The number of H-pyrrole nitrogens is 1. The van der Waals surface area contributed by atoms with E-state index in [0.717, 1.165) is 36.9 Å². The molecule has 6 heteroatoms. The summed E-state index contributed by atoms with van der Waals surface area (Å²) in [6.45, 7) is 3.85. The first-order chi connectivity index (χ1) is 11.4. The van der Waals surface area contributed by atoms with Crippen LogP contribution in [0.1, 0.15) is 62.3 Å². The molecular weight excluding hydrogens is 330 g/mol. The molecule has 1 fully saturated rings. The van der Waals surface area contributed by atoms with Crippen molar-refractivity contribution in [1.82, 2.24) is 4.98 Å². The maximum absolute atomic E-state index is 12.4. The second-order valence-electron chi connectivity index (χ2n) is 6.46. The predicted octanol–water partition coefficient (Wildman–Crippen LogP) is 3.58. The summed E-state index contributed by atoms with van der Waals surface area (Å²) in [6.07, 6.45) is 7.36. The van der Waals surface area contributed by atoms with Crippen molar-refractivity contribution in [3.8, 4) is 5.75 Å². The summed E-state index contributed by atoms with van der Waals surface area (Å²) in [5, 5.41) is 7.94. The van der Waals surface area contributed by atoms with Gasteiger partial charge in [0.15, 0.2) is 0 Å². The van der Waals surface area contributed by atoms with E-state index >= 15 is 0 Å². The Morgan fingerprint density at radius 2 is 1.92 bits per heavy atom. The highest BCUT2D eigenvalue weighted by Crippen LogP contribution is 2.30. The van der Waals surface area contributed by atoms with Gasteiger partial charge in [0.2, 0.25) is 0 Å². The number of hydrogen-bond donors (Lipinski definition) is 2. The lowest BCUT2D eigenvalue weighted by Crippen LogP contribution is -2.27. The van der Waals surface area contributed by atoms with Crippen LogP contribution in [0.4, 0.5) is 0 Å². The van der Waals surface area contributed by atoms with E-state index in [1.54, 1.807) is 0 Å². The Morgan fingerprint density at radius 3 is 2.46 bits per heavy atom. The third-order valence-electron chi connectivity index (χ3n) is 4.67. The van der Waals surface area contributed by atoms with Gasteiger partial charge < -0.3 is 14.8 Å². The number of rotatable bonds is 6. The number of carboxylic acid groups (broad SMARTS) is 1. The summed E-state index contributed by atoms with van der Waals surface area (Å²) in [5.41, 5.74) is 1.75. The maximum atomic E-state index is 12.4. The van der Waals surface area contributed by atoms with Gasteiger partial charge in [-0.25, -0.2) is 0 Å². The number of halogens is 1. The van der Waals surface area contributed by atoms with Crippen LogP contribution in [-0.4, -0.2) is 27.5 Å². The minimum Gasteiger partial charge on any atom is -0.490 e. The predicted molar refractivity (Wildman–Crippen MR) is 94.3 cm³/mol. The van der Waals surface area contributed by atoms with Gasteiger partial charge in [0.05, 0.1) is 11.7 Å². The van der Waals surface area contributed by atoms with Crippen molar-refractivity contribution < 1.29 is 14.6 Å². The van der Waals surface area contributed by atoms with Crippen LogP contribution in [0.25, 0.3) is 0 Å². The molecule has 5 nitrogen and oxygen atoms in total. The lowest BCUT2D eigenvalue weighted by molar-refractivity contribution is -0.136. The van der Waals surface area contributed by atoms with Gasteiger partial charge in [-0.15, -0.1) is 11.6 Å². The van der Waals surface area contributed by atoms with Gasteiger partial charge in [0.1, 0.15) is 11.1 Å². The number of nitrogens with one attached hydrogen (secondary N) is 1. The summed E-state index contributed by atoms with van der Waals surface area (Å²) in [5.74, 6) is -0.576. The summed E-state index contributed by atoms with van der Waals surface area (Å²) >= 11 is 5.89. The third kappa shape index (κ3) is 4.53. The fraction of sp³-hybridized carbons (Fsp3) is 0.667. The zero-order valence-corrected chi connectivity index (χ0v) is 15.1. The van der Waals surface area contributed by atoms with E-state index in [1.807, 2.05) is 13.8 Å². The first-order valence-corrected chi connectivity index (χ1v) is 9.15. The van der Waals surface area contributed by atoms with Crippen molar-refractivity contribution in [3.63, 3.8) is 0 Å². The largest absolute Gasteiger partial charge is 0.490 e. The molecule has 0 saturated heterocycles. The first-order valence-electron chi connectivity index (χ1n) is 8.72. The molecule has 1 aliphatic carbocycles. The fourth-order valence-electron chi connectivity index (χ4n) is 3.32. The average Bonchev–Trinajstić information content (AvgIpc) is 2.79. The van der Waals surface area contributed by atoms with Crippen LogP contribution >= 0.6 is 11.6 Å². The number of pyridine rings is 1. The molecule has 1 heterocycles. The Kier molecular flexibility index (Phi) is 6.72. The minimum absolute atomic E-state index is 0.0401. The van der Waals surface area contributed by atoms with Crippen molar-refractivity contribution in [2.75, 3.05) is 0 Å². The minimum atomic E-state index is -1.14. The number of aliphatic carboxylic acids is 1. The molecule has 0 radical (unpaired) electrons. The van der Waals surface area contributed by atoms with Gasteiger partial charge in [0, 0.05) is 17.7 Å². The molecule has 2 N–H and O–H groups in total. The maximum Gasteiger partial charge on any atom is 0.321 e. The Bertz CT molecular complexity index is 633. The molecular formula is C18H26ClNO4. The zero-order chi connectivity index (χ0) is 17.7. The number of aromatic amines is 1. The number of hydrogen-bond acceptors (Lipinski definition) is 3. The topological polar surface area (TPSA) is 79.4 Å².